The smallest absolute Gasteiger partial charge is 0.419 e. The Bertz CT molecular complexity index is 932. The summed E-state index contributed by atoms with van der Waals surface area (Å²) in [7, 11) is 3.15. The Morgan fingerprint density at radius 3 is 2.58 bits per heavy atom. The molecule has 2 heterocycles. The molecule has 2 rings (SSSR count). The first-order valence-corrected chi connectivity index (χ1v) is 9.82. The van der Waals surface area contributed by atoms with E-state index in [1.54, 1.807) is 19.2 Å². The zero-order valence-corrected chi connectivity index (χ0v) is 18.4. The highest BCUT2D eigenvalue weighted by Crippen LogP contribution is 2.33. The van der Waals surface area contributed by atoms with Gasteiger partial charge in [0.25, 0.3) is 0 Å². The van der Waals surface area contributed by atoms with Gasteiger partial charge in [-0.25, -0.2) is 4.98 Å². The van der Waals surface area contributed by atoms with Crippen molar-refractivity contribution in [2.75, 3.05) is 38.6 Å². The summed E-state index contributed by atoms with van der Waals surface area (Å²) in [6.07, 6.45) is -0.0932. The molecule has 166 valence electrons. The number of alkyl halides is 3. The molecular formula is C21H24F3N5OS. The molecule has 10 heteroatoms. The Hall–Kier alpha value is -2.90. The second-order valence-electron chi connectivity index (χ2n) is 6.98. The van der Waals surface area contributed by atoms with Gasteiger partial charge >= 0.3 is 6.18 Å². The fourth-order valence-corrected chi connectivity index (χ4v) is 3.03. The lowest BCUT2D eigenvalue weighted by atomic mass is 10.1. The van der Waals surface area contributed by atoms with E-state index in [2.05, 4.69) is 30.0 Å². The molecule has 1 aromatic heterocycles. The predicted molar refractivity (Wildman–Crippen MR) is 117 cm³/mol. The van der Waals surface area contributed by atoms with Gasteiger partial charge in [-0.1, -0.05) is 20.1 Å². The topological polar surface area (TPSA) is 55.6 Å². The summed E-state index contributed by atoms with van der Waals surface area (Å²) in [6, 6.07) is 2.30. The normalized spacial score (nSPS) is 14.6. The fraction of sp³-hybridized carbons (Fsp3) is 0.381. The molecule has 1 aromatic rings. The average Bonchev–Trinajstić information content (AvgIpc) is 2.71. The number of nitriles is 1. The van der Waals surface area contributed by atoms with Crippen molar-refractivity contribution in [3.05, 3.63) is 60.3 Å². The number of nitrogens with zero attached hydrogens (tertiary/aromatic N) is 5. The highest BCUT2D eigenvalue weighted by atomic mass is 32.1. The SMILES string of the molecule is C=C(/C=C\C(=C)N(C)C(=S)N(C)c1cnc(C#N)c(C(F)(F)F)c1)OC1CN(CC)C1. The number of likely N-dealkylation sites (tertiary alicyclic amines) is 1. The fourth-order valence-electron chi connectivity index (χ4n) is 2.81. The first-order valence-electron chi connectivity index (χ1n) is 9.41. The number of thiocarbonyl (C=S) groups is 1. The lowest BCUT2D eigenvalue weighted by Crippen LogP contribution is -2.51. The summed E-state index contributed by atoms with van der Waals surface area (Å²) in [5.41, 5.74) is -1.22. The quantitative estimate of drug-likeness (QED) is 0.354. The number of allylic oxidation sites excluding steroid dienone is 2. The standard InChI is InChI=1S/C21H24F3N5OS/c1-6-29-12-17(13-29)30-15(3)8-7-14(2)27(4)20(31)28(5)16-9-18(21(22,23)24)19(10-25)26-11-16/h7-9,11,17H,2-3,6,12-13H2,1,4-5H3/b8-7-. The molecule has 0 radical (unpaired) electrons. The molecule has 1 fully saturated rings. The summed E-state index contributed by atoms with van der Waals surface area (Å²) in [6.45, 7) is 12.6. The maximum atomic E-state index is 13.2. The molecule has 1 aliphatic rings. The second-order valence-corrected chi connectivity index (χ2v) is 7.35. The zero-order valence-electron chi connectivity index (χ0n) is 17.6. The summed E-state index contributed by atoms with van der Waals surface area (Å²) < 4.78 is 45.3. The van der Waals surface area contributed by atoms with E-state index in [0.29, 0.717) is 11.5 Å². The third kappa shape index (κ3) is 6.06. The summed E-state index contributed by atoms with van der Waals surface area (Å²) in [5.74, 6) is 0.487. The van der Waals surface area contributed by atoms with Crippen LogP contribution in [-0.4, -0.2) is 59.7 Å². The van der Waals surface area contributed by atoms with Crippen LogP contribution < -0.4 is 4.90 Å². The van der Waals surface area contributed by atoms with Crippen LogP contribution in [0.1, 0.15) is 18.2 Å². The van der Waals surface area contributed by atoms with Crippen LogP contribution in [-0.2, 0) is 10.9 Å². The number of hydrogen-bond acceptors (Lipinski definition) is 5. The third-order valence-electron chi connectivity index (χ3n) is 4.83. The molecule has 0 N–H and O–H groups in total. The van der Waals surface area contributed by atoms with Gasteiger partial charge in [0.05, 0.1) is 17.4 Å². The Labute approximate surface area is 185 Å². The number of anilines is 1. The van der Waals surface area contributed by atoms with Crippen LogP contribution in [0.25, 0.3) is 0 Å². The van der Waals surface area contributed by atoms with E-state index >= 15 is 0 Å². The van der Waals surface area contributed by atoms with Crippen LogP contribution >= 0.6 is 12.2 Å². The van der Waals surface area contributed by atoms with Crippen LogP contribution in [0.2, 0.25) is 0 Å². The number of likely N-dealkylation sites (N-methyl/N-ethyl adjacent to an activating group) is 2. The van der Waals surface area contributed by atoms with Gasteiger partial charge < -0.3 is 14.5 Å². The molecular weight excluding hydrogens is 427 g/mol. The first kappa shape index (κ1) is 24.4. The lowest BCUT2D eigenvalue weighted by molar-refractivity contribution is -0.138. The van der Waals surface area contributed by atoms with Gasteiger partial charge in [0.2, 0.25) is 0 Å². The third-order valence-corrected chi connectivity index (χ3v) is 5.37. The number of halogens is 3. The van der Waals surface area contributed by atoms with E-state index < -0.39 is 17.4 Å². The molecule has 0 aliphatic carbocycles. The van der Waals surface area contributed by atoms with E-state index in [0.717, 1.165) is 25.7 Å². The zero-order chi connectivity index (χ0) is 23.3. The minimum Gasteiger partial charge on any atom is -0.488 e. The van der Waals surface area contributed by atoms with Crippen molar-refractivity contribution in [2.45, 2.75) is 19.2 Å². The first-order chi connectivity index (χ1) is 14.5. The monoisotopic (exact) mass is 451 g/mol. The van der Waals surface area contributed by atoms with Crippen molar-refractivity contribution < 1.29 is 17.9 Å². The van der Waals surface area contributed by atoms with Crippen molar-refractivity contribution in [1.29, 1.82) is 5.26 Å². The van der Waals surface area contributed by atoms with Crippen molar-refractivity contribution >= 4 is 23.0 Å². The molecule has 0 spiro atoms. The maximum absolute atomic E-state index is 13.2. The van der Waals surface area contributed by atoms with Gasteiger partial charge in [-0.2, -0.15) is 18.4 Å². The van der Waals surface area contributed by atoms with Crippen LogP contribution in [0.4, 0.5) is 18.9 Å². The molecule has 1 aliphatic heterocycles. The van der Waals surface area contributed by atoms with Crippen molar-refractivity contribution in [3.63, 3.8) is 0 Å². The largest absolute Gasteiger partial charge is 0.488 e. The van der Waals surface area contributed by atoms with E-state index in [-0.39, 0.29) is 16.9 Å². The lowest BCUT2D eigenvalue weighted by Gasteiger charge is -2.38. The van der Waals surface area contributed by atoms with E-state index in [1.165, 1.54) is 29.1 Å². The van der Waals surface area contributed by atoms with Crippen LogP contribution in [0, 0.1) is 11.3 Å². The Morgan fingerprint density at radius 2 is 2.03 bits per heavy atom. The highest BCUT2D eigenvalue weighted by Gasteiger charge is 2.35. The molecule has 1 saturated heterocycles. The average molecular weight is 452 g/mol. The van der Waals surface area contributed by atoms with Gasteiger partial charge in [0.1, 0.15) is 17.9 Å². The summed E-state index contributed by atoms with van der Waals surface area (Å²) in [4.78, 5) is 8.75. The summed E-state index contributed by atoms with van der Waals surface area (Å²) in [5, 5.41) is 9.08. The van der Waals surface area contributed by atoms with E-state index in [1.807, 2.05) is 0 Å². The number of hydrogen-bond donors (Lipinski definition) is 0. The van der Waals surface area contributed by atoms with Gasteiger partial charge in [-0.15, -0.1) is 0 Å². The number of ether oxygens (including phenoxy) is 1. The van der Waals surface area contributed by atoms with E-state index in [4.69, 9.17) is 22.2 Å². The predicted octanol–water partition coefficient (Wildman–Crippen LogP) is 3.93. The van der Waals surface area contributed by atoms with Gasteiger partial charge in [0, 0.05) is 32.9 Å². The van der Waals surface area contributed by atoms with Gasteiger partial charge in [-0.05, 0) is 37.0 Å². The van der Waals surface area contributed by atoms with Gasteiger partial charge in [-0.3, -0.25) is 4.90 Å². The molecule has 0 saturated carbocycles. The molecule has 0 bridgehead atoms. The van der Waals surface area contributed by atoms with E-state index in [9.17, 15) is 13.2 Å². The molecule has 6 nitrogen and oxygen atoms in total. The Morgan fingerprint density at radius 1 is 1.39 bits per heavy atom. The van der Waals surface area contributed by atoms with Gasteiger partial charge in [0.15, 0.2) is 10.8 Å². The minimum atomic E-state index is -4.70. The van der Waals surface area contributed by atoms with Crippen molar-refractivity contribution in [1.82, 2.24) is 14.8 Å². The Kier molecular flexibility index (Phi) is 7.81. The molecule has 0 amide bonds. The number of aromatic nitrogens is 1. The number of pyridine rings is 1. The Balaban J connectivity index is 2.02. The van der Waals surface area contributed by atoms with Crippen molar-refractivity contribution in [2.24, 2.45) is 0 Å². The molecule has 0 aromatic carbocycles. The highest BCUT2D eigenvalue weighted by molar-refractivity contribution is 7.80. The van der Waals surface area contributed by atoms with Crippen LogP contribution in [0.3, 0.4) is 0 Å². The molecule has 31 heavy (non-hydrogen) atoms. The molecule has 0 unspecified atom stereocenters. The van der Waals surface area contributed by atoms with Crippen LogP contribution in [0.5, 0.6) is 0 Å². The minimum absolute atomic E-state index is 0.0955. The van der Waals surface area contributed by atoms with Crippen LogP contribution in [0.15, 0.2) is 49.0 Å². The summed E-state index contributed by atoms with van der Waals surface area (Å²) >= 11 is 5.38. The second kappa shape index (κ2) is 9.94. The number of rotatable bonds is 7. The molecule has 0 atom stereocenters. The maximum Gasteiger partial charge on any atom is 0.419 e. The van der Waals surface area contributed by atoms with Crippen molar-refractivity contribution in [3.8, 4) is 6.07 Å².